The van der Waals surface area contributed by atoms with Gasteiger partial charge in [-0.05, 0) is 73.8 Å². The van der Waals surface area contributed by atoms with E-state index in [1.54, 1.807) is 12.1 Å². The van der Waals surface area contributed by atoms with E-state index in [9.17, 15) is 13.2 Å². The molecule has 26 heavy (non-hydrogen) atoms. The van der Waals surface area contributed by atoms with Gasteiger partial charge in [0, 0.05) is 36.2 Å². The van der Waals surface area contributed by atoms with E-state index in [0.29, 0.717) is 35.7 Å². The molecule has 0 bridgehead atoms. The van der Waals surface area contributed by atoms with E-state index in [4.69, 9.17) is 0 Å². The molecule has 6 nitrogen and oxygen atoms in total. The normalized spacial score (nSPS) is 19.7. The number of amides is 1. The Kier molecular flexibility index (Phi) is 6.06. The van der Waals surface area contributed by atoms with Crippen molar-refractivity contribution in [3.05, 3.63) is 28.2 Å². The maximum atomic E-state index is 12.7. The van der Waals surface area contributed by atoms with Crippen LogP contribution in [-0.2, 0) is 10.0 Å². The summed E-state index contributed by atoms with van der Waals surface area (Å²) in [6, 6.07) is 5.53. The second-order valence-corrected chi connectivity index (χ2v) is 10.0. The zero-order valence-corrected chi connectivity index (χ0v) is 17.6. The number of halogens is 1. The molecule has 1 saturated carbocycles. The fourth-order valence-electron chi connectivity index (χ4n) is 3.24. The van der Waals surface area contributed by atoms with E-state index < -0.39 is 10.0 Å². The Morgan fingerprint density at radius 1 is 1.35 bits per heavy atom. The number of carbonyl (C=O) groups excluding carboxylic acids is 1. The minimum absolute atomic E-state index is 0.177. The molecule has 144 valence electrons. The molecule has 0 aromatic heterocycles. The average molecular weight is 444 g/mol. The van der Waals surface area contributed by atoms with Gasteiger partial charge >= 0.3 is 0 Å². The van der Waals surface area contributed by atoms with Crippen LogP contribution >= 0.6 is 15.9 Å². The topological polar surface area (TPSA) is 69.7 Å². The Labute approximate surface area is 164 Å². The van der Waals surface area contributed by atoms with E-state index in [0.717, 1.165) is 12.8 Å². The van der Waals surface area contributed by atoms with Crippen molar-refractivity contribution in [3.63, 3.8) is 0 Å². The Hall–Kier alpha value is -0.960. The lowest BCUT2D eigenvalue weighted by Gasteiger charge is -2.24. The second kappa shape index (κ2) is 7.96. The predicted octanol–water partition coefficient (Wildman–Crippen LogP) is 2.45. The van der Waals surface area contributed by atoms with Crippen molar-refractivity contribution in [2.24, 2.45) is 0 Å². The van der Waals surface area contributed by atoms with Gasteiger partial charge in [-0.2, -0.15) is 4.31 Å². The van der Waals surface area contributed by atoms with Crippen LogP contribution in [0.15, 0.2) is 27.6 Å². The highest BCUT2D eigenvalue weighted by Crippen LogP contribution is 2.27. The van der Waals surface area contributed by atoms with Crippen LogP contribution in [0.2, 0.25) is 0 Å². The quantitative estimate of drug-likeness (QED) is 0.702. The highest BCUT2D eigenvalue weighted by Gasteiger charge is 2.30. The summed E-state index contributed by atoms with van der Waals surface area (Å²) in [5, 5.41) is 2.93. The first-order chi connectivity index (χ1) is 12.3. The molecule has 1 heterocycles. The molecule has 0 spiro atoms. The molecule has 1 atom stereocenters. The number of hydrogen-bond acceptors (Lipinski definition) is 4. The van der Waals surface area contributed by atoms with Gasteiger partial charge in [-0.3, -0.25) is 9.69 Å². The molecule has 3 rings (SSSR count). The number of nitrogens with zero attached hydrogens (tertiary/aromatic N) is 2. The molecular formula is C18H26BrN3O3S. The maximum absolute atomic E-state index is 12.7. The van der Waals surface area contributed by atoms with Crippen LogP contribution in [0, 0.1) is 0 Å². The van der Waals surface area contributed by atoms with Gasteiger partial charge in [-0.1, -0.05) is 0 Å². The van der Waals surface area contributed by atoms with Crippen molar-refractivity contribution in [2.45, 2.75) is 49.6 Å². The van der Waals surface area contributed by atoms with Crippen LogP contribution in [-0.4, -0.2) is 62.3 Å². The van der Waals surface area contributed by atoms with Crippen molar-refractivity contribution in [1.82, 2.24) is 14.5 Å². The summed E-state index contributed by atoms with van der Waals surface area (Å²) in [5.74, 6) is -0.258. The zero-order chi connectivity index (χ0) is 18.9. The zero-order valence-electron chi connectivity index (χ0n) is 15.2. The second-order valence-electron chi connectivity index (χ2n) is 7.21. The summed E-state index contributed by atoms with van der Waals surface area (Å²) < 4.78 is 27.5. The lowest BCUT2D eigenvalue weighted by Crippen LogP contribution is -2.41. The largest absolute Gasteiger partial charge is 0.350 e. The lowest BCUT2D eigenvalue weighted by atomic mass is 10.2. The van der Waals surface area contributed by atoms with Crippen LogP contribution in [0.4, 0.5) is 0 Å². The summed E-state index contributed by atoms with van der Waals surface area (Å²) in [7, 11) is -1.46. The van der Waals surface area contributed by atoms with Crippen LogP contribution < -0.4 is 5.32 Å². The van der Waals surface area contributed by atoms with Crippen molar-refractivity contribution in [2.75, 3.05) is 26.7 Å². The van der Waals surface area contributed by atoms with Crippen LogP contribution in [0.25, 0.3) is 0 Å². The minimum atomic E-state index is -3.53. The van der Waals surface area contributed by atoms with Gasteiger partial charge in [0.15, 0.2) is 0 Å². The third-order valence-electron chi connectivity index (χ3n) is 5.26. The van der Waals surface area contributed by atoms with Crippen LogP contribution in [0.5, 0.6) is 0 Å². The Morgan fingerprint density at radius 2 is 2.00 bits per heavy atom. The summed E-state index contributed by atoms with van der Waals surface area (Å²) in [5.41, 5.74) is 0.353. The average Bonchev–Trinajstić information content (AvgIpc) is 3.31. The molecule has 1 aromatic rings. The summed E-state index contributed by atoms with van der Waals surface area (Å²) in [6.45, 7) is 3.71. The van der Waals surface area contributed by atoms with E-state index >= 15 is 0 Å². The number of hydrogen-bond donors (Lipinski definition) is 1. The number of benzene rings is 1. The number of likely N-dealkylation sites (N-methyl/N-ethyl adjacent to an activating group) is 1. The van der Waals surface area contributed by atoms with E-state index in [1.807, 2.05) is 0 Å². The van der Waals surface area contributed by atoms with Gasteiger partial charge in [-0.25, -0.2) is 8.42 Å². The molecule has 1 aliphatic heterocycles. The monoisotopic (exact) mass is 443 g/mol. The third kappa shape index (κ3) is 4.30. The first kappa shape index (κ1) is 19.8. The van der Waals surface area contributed by atoms with Gasteiger partial charge in [0.25, 0.3) is 5.91 Å². The van der Waals surface area contributed by atoms with Crippen molar-refractivity contribution in [1.29, 1.82) is 0 Å². The molecule has 1 aliphatic carbocycles. The van der Waals surface area contributed by atoms with Gasteiger partial charge in [0.05, 0.1) is 10.5 Å². The van der Waals surface area contributed by atoms with Crippen LogP contribution in [0.1, 0.15) is 43.0 Å². The molecule has 1 aromatic carbocycles. The number of rotatable bonds is 7. The number of nitrogens with one attached hydrogen (secondary N) is 1. The number of carbonyl (C=O) groups is 1. The standard InChI is InChI=1S/C18H26BrN3O3S/c1-13(21(2)14-5-6-14)12-20-18(23)16-11-15(7-8-17(16)19)26(24,25)22-9-3-4-10-22/h7-8,11,13-14H,3-6,9-10,12H2,1-2H3,(H,20,23). The van der Waals surface area contributed by atoms with Crippen molar-refractivity contribution >= 4 is 31.9 Å². The van der Waals surface area contributed by atoms with E-state index in [2.05, 4.69) is 40.1 Å². The van der Waals surface area contributed by atoms with Gasteiger partial charge in [0.2, 0.25) is 10.0 Å². The minimum Gasteiger partial charge on any atom is -0.350 e. The van der Waals surface area contributed by atoms with Gasteiger partial charge < -0.3 is 5.32 Å². The predicted molar refractivity (Wildman–Crippen MR) is 105 cm³/mol. The molecule has 0 radical (unpaired) electrons. The Morgan fingerprint density at radius 3 is 2.62 bits per heavy atom. The molecule has 2 fully saturated rings. The molecule has 1 N–H and O–H groups in total. The van der Waals surface area contributed by atoms with E-state index in [-0.39, 0.29) is 16.8 Å². The molecule has 8 heteroatoms. The summed E-state index contributed by atoms with van der Waals surface area (Å²) in [6.07, 6.45) is 4.21. The van der Waals surface area contributed by atoms with E-state index in [1.165, 1.54) is 23.2 Å². The lowest BCUT2D eigenvalue weighted by molar-refractivity contribution is 0.0938. The van der Waals surface area contributed by atoms with Crippen LogP contribution in [0.3, 0.4) is 0 Å². The van der Waals surface area contributed by atoms with Gasteiger partial charge in [0.1, 0.15) is 0 Å². The number of sulfonamides is 1. The fourth-order valence-corrected chi connectivity index (χ4v) is 5.21. The summed E-state index contributed by atoms with van der Waals surface area (Å²) in [4.78, 5) is 15.1. The molecule has 1 unspecified atom stereocenters. The first-order valence-electron chi connectivity index (χ1n) is 9.10. The maximum Gasteiger partial charge on any atom is 0.252 e. The van der Waals surface area contributed by atoms with Crippen molar-refractivity contribution < 1.29 is 13.2 Å². The molecule has 1 amide bonds. The molecule has 2 aliphatic rings. The van der Waals surface area contributed by atoms with Gasteiger partial charge in [-0.15, -0.1) is 0 Å². The first-order valence-corrected chi connectivity index (χ1v) is 11.3. The Balaban J connectivity index is 1.71. The highest BCUT2D eigenvalue weighted by molar-refractivity contribution is 9.10. The highest BCUT2D eigenvalue weighted by atomic mass is 79.9. The molecule has 1 saturated heterocycles. The fraction of sp³-hybridized carbons (Fsp3) is 0.611. The Bertz CT molecular complexity index is 774. The SMILES string of the molecule is CC(CNC(=O)c1cc(S(=O)(=O)N2CCCC2)ccc1Br)N(C)C1CC1. The third-order valence-corrected chi connectivity index (χ3v) is 7.85. The molecular weight excluding hydrogens is 418 g/mol. The van der Waals surface area contributed by atoms with Crippen molar-refractivity contribution in [3.8, 4) is 0 Å². The summed E-state index contributed by atoms with van der Waals surface area (Å²) >= 11 is 3.37. The smallest absolute Gasteiger partial charge is 0.252 e.